The normalized spacial score (nSPS) is 15.0. The van der Waals surface area contributed by atoms with Crippen molar-refractivity contribution in [2.45, 2.75) is 19.8 Å². The number of ether oxygens (including phenoxy) is 1. The van der Waals surface area contributed by atoms with Crippen molar-refractivity contribution < 1.29 is 14.1 Å². The van der Waals surface area contributed by atoms with Crippen molar-refractivity contribution in [2.75, 3.05) is 51.3 Å². The molecular formula is C19H27N5O3. The molecule has 1 aliphatic rings. The third-order valence-corrected chi connectivity index (χ3v) is 4.66. The largest absolute Gasteiger partial charge is 0.495 e. The van der Waals surface area contributed by atoms with Gasteiger partial charge in [0.2, 0.25) is 11.8 Å². The summed E-state index contributed by atoms with van der Waals surface area (Å²) in [5, 5.41) is 6.65. The van der Waals surface area contributed by atoms with Crippen LogP contribution in [0.4, 0.5) is 5.69 Å². The highest BCUT2D eigenvalue weighted by Gasteiger charge is 2.19. The molecule has 1 aromatic heterocycles. The maximum atomic E-state index is 11.9. The molecule has 3 rings (SSSR count). The van der Waals surface area contributed by atoms with Crippen LogP contribution in [0.15, 0.2) is 28.8 Å². The Kier molecular flexibility index (Phi) is 6.64. The minimum atomic E-state index is -0.0724. The summed E-state index contributed by atoms with van der Waals surface area (Å²) in [6.45, 7) is 7.31. The highest BCUT2D eigenvalue weighted by Crippen LogP contribution is 2.28. The number of nitrogens with zero attached hydrogens (tertiary/aromatic N) is 4. The Hall–Kier alpha value is -2.61. The van der Waals surface area contributed by atoms with Gasteiger partial charge in [0.1, 0.15) is 5.75 Å². The molecule has 1 amide bonds. The van der Waals surface area contributed by atoms with Gasteiger partial charge in [-0.1, -0.05) is 17.3 Å². The first-order chi connectivity index (χ1) is 13.2. The molecule has 1 aromatic carbocycles. The smallest absolute Gasteiger partial charge is 0.227 e. The Morgan fingerprint density at radius 2 is 2.04 bits per heavy atom. The summed E-state index contributed by atoms with van der Waals surface area (Å²) in [5.41, 5.74) is 1.16. The summed E-state index contributed by atoms with van der Waals surface area (Å²) in [6.07, 6.45) is 1.08. The molecule has 1 N–H and O–H groups in total. The molecule has 8 heteroatoms. The Morgan fingerprint density at radius 3 is 2.74 bits per heavy atom. The van der Waals surface area contributed by atoms with Crippen LogP contribution in [0, 0.1) is 6.92 Å². The molecule has 1 fully saturated rings. The lowest BCUT2D eigenvalue weighted by molar-refractivity contribution is -0.120. The van der Waals surface area contributed by atoms with E-state index in [0.29, 0.717) is 18.3 Å². The number of para-hydroxylation sites is 2. The number of piperazine rings is 1. The van der Waals surface area contributed by atoms with E-state index in [1.807, 2.05) is 18.2 Å². The van der Waals surface area contributed by atoms with Crippen LogP contribution in [0.1, 0.15) is 18.1 Å². The highest BCUT2D eigenvalue weighted by atomic mass is 16.5. The number of anilines is 1. The predicted molar refractivity (Wildman–Crippen MR) is 102 cm³/mol. The fourth-order valence-corrected chi connectivity index (χ4v) is 3.25. The maximum Gasteiger partial charge on any atom is 0.227 e. The second-order valence-corrected chi connectivity index (χ2v) is 6.61. The van der Waals surface area contributed by atoms with Crippen molar-refractivity contribution in [1.82, 2.24) is 20.4 Å². The van der Waals surface area contributed by atoms with Gasteiger partial charge >= 0.3 is 0 Å². The zero-order chi connectivity index (χ0) is 19.1. The molecule has 0 saturated carbocycles. The highest BCUT2D eigenvalue weighted by molar-refractivity contribution is 5.77. The first kappa shape index (κ1) is 19.2. The van der Waals surface area contributed by atoms with E-state index in [9.17, 15) is 4.79 Å². The number of hydrogen-bond acceptors (Lipinski definition) is 7. The summed E-state index contributed by atoms with van der Waals surface area (Å²) >= 11 is 0. The first-order valence-electron chi connectivity index (χ1n) is 9.32. The summed E-state index contributed by atoms with van der Waals surface area (Å²) in [5.74, 6) is 1.75. The molecule has 0 unspecified atom stereocenters. The molecule has 146 valence electrons. The Morgan fingerprint density at radius 1 is 1.26 bits per heavy atom. The fourth-order valence-electron chi connectivity index (χ4n) is 3.25. The molecule has 2 aromatic rings. The quantitative estimate of drug-likeness (QED) is 0.697. The van der Waals surface area contributed by atoms with Crippen LogP contribution in [-0.2, 0) is 11.2 Å². The van der Waals surface area contributed by atoms with E-state index in [4.69, 9.17) is 9.26 Å². The number of rotatable bonds is 8. The Balaban J connectivity index is 1.33. The lowest BCUT2D eigenvalue weighted by atomic mass is 10.2. The number of hydrogen-bond donors (Lipinski definition) is 1. The van der Waals surface area contributed by atoms with Gasteiger partial charge in [0, 0.05) is 39.6 Å². The standard InChI is InChI=1S/C19H27N5O3/c1-15-21-18(22-27-15)14-19(25)20-8-5-9-23-10-12-24(13-11-23)16-6-3-4-7-17(16)26-2/h3-4,6-7H,5,8-14H2,1-2H3,(H,20,25). The number of carbonyl (C=O) groups excluding carboxylic acids is 1. The molecule has 1 saturated heterocycles. The molecule has 0 bridgehead atoms. The van der Waals surface area contributed by atoms with Crippen LogP contribution in [-0.4, -0.2) is 67.3 Å². The van der Waals surface area contributed by atoms with Crippen molar-refractivity contribution in [3.8, 4) is 5.75 Å². The molecule has 0 radical (unpaired) electrons. The second-order valence-electron chi connectivity index (χ2n) is 6.61. The fraction of sp³-hybridized carbons (Fsp3) is 0.526. The average molecular weight is 373 g/mol. The number of methoxy groups -OCH3 is 1. The number of benzene rings is 1. The molecular weight excluding hydrogens is 346 g/mol. The Bertz CT molecular complexity index is 740. The van der Waals surface area contributed by atoms with E-state index in [-0.39, 0.29) is 12.3 Å². The van der Waals surface area contributed by atoms with Crippen molar-refractivity contribution in [3.63, 3.8) is 0 Å². The van der Waals surface area contributed by atoms with Gasteiger partial charge in [0.05, 0.1) is 19.2 Å². The maximum absolute atomic E-state index is 11.9. The van der Waals surface area contributed by atoms with Crippen LogP contribution in [0.5, 0.6) is 5.75 Å². The summed E-state index contributed by atoms with van der Waals surface area (Å²) in [7, 11) is 1.71. The van der Waals surface area contributed by atoms with Crippen LogP contribution >= 0.6 is 0 Å². The van der Waals surface area contributed by atoms with E-state index in [0.717, 1.165) is 50.6 Å². The molecule has 0 spiro atoms. The lowest BCUT2D eigenvalue weighted by Gasteiger charge is -2.36. The van der Waals surface area contributed by atoms with Gasteiger partial charge < -0.3 is 19.5 Å². The van der Waals surface area contributed by atoms with Gasteiger partial charge in [0.25, 0.3) is 0 Å². The molecule has 27 heavy (non-hydrogen) atoms. The van der Waals surface area contributed by atoms with Gasteiger partial charge in [-0.3, -0.25) is 9.69 Å². The lowest BCUT2D eigenvalue weighted by Crippen LogP contribution is -2.47. The van der Waals surface area contributed by atoms with Gasteiger partial charge in [-0.15, -0.1) is 0 Å². The van der Waals surface area contributed by atoms with Crippen LogP contribution in [0.2, 0.25) is 0 Å². The second kappa shape index (κ2) is 9.36. The Labute approximate surface area is 159 Å². The van der Waals surface area contributed by atoms with E-state index in [1.54, 1.807) is 14.0 Å². The number of aromatic nitrogens is 2. The monoisotopic (exact) mass is 373 g/mol. The SMILES string of the molecule is COc1ccccc1N1CCN(CCCNC(=O)Cc2noc(C)n2)CC1. The van der Waals surface area contributed by atoms with E-state index < -0.39 is 0 Å². The van der Waals surface area contributed by atoms with E-state index in [1.165, 1.54) is 0 Å². The topological polar surface area (TPSA) is 83.7 Å². The molecule has 1 aliphatic heterocycles. The van der Waals surface area contributed by atoms with Crippen molar-refractivity contribution in [1.29, 1.82) is 0 Å². The summed E-state index contributed by atoms with van der Waals surface area (Å²) < 4.78 is 10.3. The number of amides is 1. The van der Waals surface area contributed by atoms with Crippen molar-refractivity contribution >= 4 is 11.6 Å². The number of aryl methyl sites for hydroxylation is 1. The average Bonchev–Trinajstić information content (AvgIpc) is 3.10. The van der Waals surface area contributed by atoms with Crippen LogP contribution < -0.4 is 15.0 Å². The third-order valence-electron chi connectivity index (χ3n) is 4.66. The number of nitrogens with one attached hydrogen (secondary N) is 1. The van der Waals surface area contributed by atoms with E-state index in [2.05, 4.69) is 31.3 Å². The third kappa shape index (κ3) is 5.43. The number of carbonyl (C=O) groups is 1. The van der Waals surface area contributed by atoms with Gasteiger partial charge in [-0.05, 0) is 25.1 Å². The first-order valence-corrected chi connectivity index (χ1v) is 9.32. The van der Waals surface area contributed by atoms with Crippen LogP contribution in [0.25, 0.3) is 0 Å². The summed E-state index contributed by atoms with van der Waals surface area (Å²) in [4.78, 5) is 20.7. The van der Waals surface area contributed by atoms with Crippen LogP contribution in [0.3, 0.4) is 0 Å². The predicted octanol–water partition coefficient (Wildman–Crippen LogP) is 1.26. The van der Waals surface area contributed by atoms with Gasteiger partial charge in [-0.2, -0.15) is 4.98 Å². The van der Waals surface area contributed by atoms with Gasteiger partial charge in [-0.25, -0.2) is 0 Å². The van der Waals surface area contributed by atoms with Gasteiger partial charge in [0.15, 0.2) is 5.82 Å². The minimum absolute atomic E-state index is 0.0724. The van der Waals surface area contributed by atoms with E-state index >= 15 is 0 Å². The van der Waals surface area contributed by atoms with Crippen molar-refractivity contribution in [2.24, 2.45) is 0 Å². The zero-order valence-electron chi connectivity index (χ0n) is 16.0. The molecule has 0 atom stereocenters. The molecule has 8 nitrogen and oxygen atoms in total. The van der Waals surface area contributed by atoms with Crippen molar-refractivity contribution in [3.05, 3.63) is 36.0 Å². The molecule has 2 heterocycles. The summed E-state index contributed by atoms with van der Waals surface area (Å²) in [6, 6.07) is 8.14. The minimum Gasteiger partial charge on any atom is -0.495 e. The molecule has 0 aliphatic carbocycles. The zero-order valence-corrected chi connectivity index (χ0v) is 16.0.